The number of aliphatic carboxylic acids is 1. The average molecular weight is 477 g/mol. The molecule has 4 rings (SSSR count). The van der Waals surface area contributed by atoms with Gasteiger partial charge in [0.2, 0.25) is 0 Å². The van der Waals surface area contributed by atoms with Gasteiger partial charge in [-0.25, -0.2) is 4.79 Å². The first-order chi connectivity index (χ1) is 15.9. The van der Waals surface area contributed by atoms with Gasteiger partial charge < -0.3 is 25.5 Å². The Morgan fingerprint density at radius 3 is 2.53 bits per heavy atom. The molecule has 0 unspecified atom stereocenters. The predicted molar refractivity (Wildman–Crippen MR) is 127 cm³/mol. The summed E-state index contributed by atoms with van der Waals surface area (Å²) in [6.07, 6.45) is 9.14. The smallest absolute Gasteiger partial charge is 0.328 e. The number of hydrogen-bond acceptors (Lipinski definition) is 6. The lowest BCUT2D eigenvalue weighted by Crippen LogP contribution is -2.53. The third-order valence-corrected chi connectivity index (χ3v) is 9.98. The van der Waals surface area contributed by atoms with Crippen molar-refractivity contribution in [3.8, 4) is 0 Å². The number of hydrogen-bond donors (Lipinski definition) is 4. The number of carbonyl (C=O) groups is 2. The van der Waals surface area contributed by atoms with Crippen molar-refractivity contribution in [3.05, 3.63) is 11.6 Å². The van der Waals surface area contributed by atoms with E-state index < -0.39 is 36.2 Å². The van der Waals surface area contributed by atoms with Crippen LogP contribution in [0.15, 0.2) is 16.8 Å². The molecule has 190 valence electrons. The van der Waals surface area contributed by atoms with E-state index in [9.17, 15) is 19.8 Å². The zero-order valence-electron chi connectivity index (χ0n) is 20.8. The molecule has 0 bridgehead atoms. The van der Waals surface area contributed by atoms with Gasteiger partial charge in [-0.1, -0.05) is 24.6 Å². The Hall–Kier alpha value is -1.93. The summed E-state index contributed by atoms with van der Waals surface area (Å²) in [7, 11) is 0. The second-order valence-corrected chi connectivity index (χ2v) is 11.8. The number of oxime groups is 1. The summed E-state index contributed by atoms with van der Waals surface area (Å²) in [6, 6.07) is -1.38. The number of carboxylic acids is 1. The Balaban J connectivity index is 1.40. The normalized spacial score (nSPS) is 42.0. The molecule has 0 aliphatic heterocycles. The summed E-state index contributed by atoms with van der Waals surface area (Å²) in [5.41, 5.74) is 1.83. The van der Waals surface area contributed by atoms with Crippen LogP contribution < -0.4 is 5.32 Å². The fourth-order valence-electron chi connectivity index (χ4n) is 7.66. The zero-order chi connectivity index (χ0) is 24.9. The van der Waals surface area contributed by atoms with Crippen LogP contribution >= 0.6 is 0 Å². The van der Waals surface area contributed by atoms with Crippen LogP contribution in [0.5, 0.6) is 0 Å². The van der Waals surface area contributed by atoms with Crippen molar-refractivity contribution in [1.29, 1.82) is 0 Å². The van der Waals surface area contributed by atoms with Gasteiger partial charge in [-0.15, -0.1) is 0 Å². The summed E-state index contributed by atoms with van der Waals surface area (Å²) in [4.78, 5) is 28.3. The van der Waals surface area contributed by atoms with Crippen LogP contribution in [0.2, 0.25) is 0 Å². The number of carboxylic acid groups (broad SMARTS) is 1. The second kappa shape index (κ2) is 8.94. The van der Waals surface area contributed by atoms with Crippen LogP contribution in [0.25, 0.3) is 0 Å². The highest BCUT2D eigenvalue weighted by Gasteiger charge is 2.62. The van der Waals surface area contributed by atoms with Gasteiger partial charge in [-0.2, -0.15) is 0 Å². The first-order valence-electron chi connectivity index (χ1n) is 12.7. The van der Waals surface area contributed by atoms with Crippen molar-refractivity contribution in [2.24, 2.45) is 33.7 Å². The summed E-state index contributed by atoms with van der Waals surface area (Å²) in [5, 5.41) is 36.0. The molecule has 4 aliphatic rings. The Bertz CT molecular complexity index is 896. The number of nitrogens with zero attached hydrogens (tertiary/aromatic N) is 1. The highest BCUT2D eigenvalue weighted by atomic mass is 16.6. The molecule has 8 nitrogen and oxygen atoms in total. The minimum absolute atomic E-state index is 0.0227. The first-order valence-corrected chi connectivity index (χ1v) is 12.7. The number of allylic oxidation sites excluding steroid dienone is 2. The zero-order valence-corrected chi connectivity index (χ0v) is 20.8. The maximum atomic E-state index is 12.0. The number of amides is 1. The van der Waals surface area contributed by atoms with Gasteiger partial charge in [-0.05, 0) is 99.9 Å². The first kappa shape index (κ1) is 25.2. The van der Waals surface area contributed by atoms with E-state index in [-0.39, 0.29) is 10.8 Å². The molecule has 8 heteroatoms. The quantitative estimate of drug-likeness (QED) is 0.436. The Labute approximate surface area is 201 Å². The Kier molecular flexibility index (Phi) is 6.62. The minimum atomic E-state index is -1.38. The lowest BCUT2D eigenvalue weighted by Gasteiger charge is -2.59. The summed E-state index contributed by atoms with van der Waals surface area (Å²) in [6.45, 7) is 7.67. The van der Waals surface area contributed by atoms with Gasteiger partial charge in [0.1, 0.15) is 0 Å². The average Bonchev–Trinajstić information content (AvgIpc) is 3.00. The van der Waals surface area contributed by atoms with Gasteiger partial charge in [-0.3, -0.25) is 4.79 Å². The maximum absolute atomic E-state index is 12.0. The van der Waals surface area contributed by atoms with Crippen LogP contribution in [-0.2, 0) is 14.4 Å². The van der Waals surface area contributed by atoms with E-state index in [4.69, 9.17) is 9.94 Å². The third kappa shape index (κ3) is 4.17. The van der Waals surface area contributed by atoms with Crippen molar-refractivity contribution in [2.45, 2.75) is 96.8 Å². The summed E-state index contributed by atoms with van der Waals surface area (Å²) < 4.78 is 0. The molecule has 0 radical (unpaired) electrons. The number of fused-ring (bicyclic) bond motifs is 5. The monoisotopic (exact) mass is 476 g/mol. The number of nitrogens with one attached hydrogen (secondary N) is 1. The lowest BCUT2D eigenvalue weighted by molar-refractivity contribution is -0.145. The van der Waals surface area contributed by atoms with E-state index >= 15 is 0 Å². The van der Waals surface area contributed by atoms with Gasteiger partial charge >= 0.3 is 5.97 Å². The fraction of sp³-hybridized carbons (Fsp3) is 0.808. The maximum Gasteiger partial charge on any atom is 0.328 e. The Morgan fingerprint density at radius 2 is 1.85 bits per heavy atom. The van der Waals surface area contributed by atoms with Crippen molar-refractivity contribution < 1.29 is 29.7 Å². The molecule has 1 amide bonds. The Morgan fingerprint density at radius 1 is 1.15 bits per heavy atom. The van der Waals surface area contributed by atoms with Crippen LogP contribution in [0.4, 0.5) is 0 Å². The molecule has 3 saturated carbocycles. The van der Waals surface area contributed by atoms with Crippen LogP contribution in [0.1, 0.15) is 79.1 Å². The van der Waals surface area contributed by atoms with Crippen molar-refractivity contribution >= 4 is 17.6 Å². The summed E-state index contributed by atoms with van der Waals surface area (Å²) in [5.74, 6) is -0.0617. The van der Waals surface area contributed by atoms with E-state index in [2.05, 4.69) is 30.4 Å². The standard InChI is InChI=1S/C26H40N2O6/c1-15(29)22(23(31)32)27-21(30)14-34-28-17-7-10-24(2)16(13-17)5-6-18-19(24)8-11-25(3)20(18)9-12-26(25,4)33/h13,15,18-20,22,29,33H,5-12,14H2,1-4H3,(H,27,30)(H,31,32)/b28-17-/t15-,18+,19-,20-,22+,24-,25-,26-/m0/s1. The molecule has 0 spiro atoms. The highest BCUT2D eigenvalue weighted by molar-refractivity contribution is 5.96. The van der Waals surface area contributed by atoms with Crippen LogP contribution in [0.3, 0.4) is 0 Å². The van der Waals surface area contributed by atoms with Crippen molar-refractivity contribution in [1.82, 2.24) is 5.32 Å². The molecule has 34 heavy (non-hydrogen) atoms. The van der Waals surface area contributed by atoms with E-state index in [1.54, 1.807) is 0 Å². The van der Waals surface area contributed by atoms with Crippen LogP contribution in [0, 0.1) is 28.6 Å². The molecular weight excluding hydrogens is 436 g/mol. The van der Waals surface area contributed by atoms with E-state index in [0.29, 0.717) is 17.8 Å². The van der Waals surface area contributed by atoms with Crippen LogP contribution in [-0.4, -0.2) is 57.3 Å². The molecule has 4 aliphatic carbocycles. The lowest BCUT2D eigenvalue weighted by atomic mass is 9.46. The van der Waals surface area contributed by atoms with Gasteiger partial charge in [0.05, 0.1) is 17.4 Å². The van der Waals surface area contributed by atoms with Gasteiger partial charge in [0, 0.05) is 0 Å². The van der Waals surface area contributed by atoms with Crippen molar-refractivity contribution in [3.63, 3.8) is 0 Å². The molecule has 0 heterocycles. The molecule has 0 aromatic carbocycles. The number of aliphatic hydroxyl groups is 2. The van der Waals surface area contributed by atoms with E-state index in [0.717, 1.165) is 57.1 Å². The van der Waals surface area contributed by atoms with Gasteiger partial charge in [0.15, 0.2) is 12.6 Å². The second-order valence-electron chi connectivity index (χ2n) is 11.8. The fourth-order valence-corrected chi connectivity index (χ4v) is 7.66. The molecule has 3 fully saturated rings. The molecule has 8 atom stereocenters. The number of aliphatic hydroxyl groups excluding tert-OH is 1. The van der Waals surface area contributed by atoms with Gasteiger partial charge in [0.25, 0.3) is 5.91 Å². The molecular formula is C26H40N2O6. The molecule has 0 aromatic heterocycles. The summed E-state index contributed by atoms with van der Waals surface area (Å²) >= 11 is 0. The predicted octanol–water partition coefficient (Wildman–Crippen LogP) is 3.02. The van der Waals surface area contributed by atoms with E-state index in [1.165, 1.54) is 12.5 Å². The largest absolute Gasteiger partial charge is 0.480 e. The molecule has 0 aromatic rings. The van der Waals surface area contributed by atoms with E-state index in [1.807, 2.05) is 6.92 Å². The minimum Gasteiger partial charge on any atom is -0.480 e. The SMILES string of the molecule is C[C@H](O)[C@@H](NC(=O)CO/N=C1\C=C2CC[C@@H]3[C@H](CC[C@@]4(C)[C@H]3CC[C@]4(C)O)[C@@]2(C)CC1)C(=O)O. The molecule has 0 saturated heterocycles. The topological polar surface area (TPSA) is 128 Å². The number of carbonyl (C=O) groups excluding carboxylic acids is 1. The third-order valence-electron chi connectivity index (χ3n) is 9.98. The van der Waals surface area contributed by atoms with Crippen molar-refractivity contribution in [2.75, 3.05) is 6.61 Å². The highest BCUT2D eigenvalue weighted by Crippen LogP contribution is 2.67. The number of rotatable bonds is 6. The molecule has 4 N–H and O–H groups in total.